The summed E-state index contributed by atoms with van der Waals surface area (Å²) in [6.07, 6.45) is -2.71. The van der Waals surface area contributed by atoms with Crippen LogP contribution in [0.3, 0.4) is 0 Å². The largest absolute Gasteiger partial charge is 0.378 e. The predicted octanol–water partition coefficient (Wildman–Crippen LogP) is 2.37. The molecule has 0 radical (unpaired) electrons. The van der Waals surface area contributed by atoms with Crippen molar-refractivity contribution in [2.45, 2.75) is 6.43 Å². The lowest BCUT2D eigenvalue weighted by atomic mass is 10.1. The van der Waals surface area contributed by atoms with Gasteiger partial charge in [0.15, 0.2) is 0 Å². The molecular formula is C11H12F2N2O3. The van der Waals surface area contributed by atoms with E-state index in [1.54, 1.807) is 4.90 Å². The Bertz CT molecular complexity index is 448. The topological polar surface area (TPSA) is 55.6 Å². The van der Waals surface area contributed by atoms with Crippen LogP contribution >= 0.6 is 0 Å². The molecule has 5 nitrogen and oxygen atoms in total. The molecule has 1 aliphatic rings. The second-order valence-electron chi connectivity index (χ2n) is 3.91. The van der Waals surface area contributed by atoms with E-state index in [1.807, 2.05) is 0 Å². The number of hydrogen-bond donors (Lipinski definition) is 0. The van der Waals surface area contributed by atoms with Crippen molar-refractivity contribution < 1.29 is 18.4 Å². The molecule has 98 valence electrons. The number of alkyl halides is 2. The molecule has 0 unspecified atom stereocenters. The summed E-state index contributed by atoms with van der Waals surface area (Å²) in [5.41, 5.74) is -0.249. The van der Waals surface area contributed by atoms with E-state index in [4.69, 9.17) is 4.74 Å². The van der Waals surface area contributed by atoms with Gasteiger partial charge < -0.3 is 9.64 Å². The van der Waals surface area contributed by atoms with Gasteiger partial charge in [-0.15, -0.1) is 0 Å². The minimum absolute atomic E-state index is 0.283. The first-order chi connectivity index (χ1) is 8.59. The van der Waals surface area contributed by atoms with Crippen molar-refractivity contribution in [2.24, 2.45) is 0 Å². The fraction of sp³-hybridized carbons (Fsp3) is 0.455. The standard InChI is InChI=1S/C11H12F2N2O3/c12-11(13)8-1-2-9(10(7-8)15(16)17)14-3-5-18-6-4-14/h1-2,7,11H,3-6H2. The van der Waals surface area contributed by atoms with Crippen molar-refractivity contribution in [2.75, 3.05) is 31.2 Å². The SMILES string of the molecule is O=[N+]([O-])c1cc(C(F)F)ccc1N1CCOCC1. The van der Waals surface area contributed by atoms with E-state index in [1.165, 1.54) is 12.1 Å². The van der Waals surface area contributed by atoms with Gasteiger partial charge >= 0.3 is 0 Å². The molecule has 0 aromatic heterocycles. The van der Waals surface area contributed by atoms with Gasteiger partial charge in [-0.2, -0.15) is 0 Å². The zero-order chi connectivity index (χ0) is 13.1. The lowest BCUT2D eigenvalue weighted by molar-refractivity contribution is -0.384. The average molecular weight is 258 g/mol. The second kappa shape index (κ2) is 5.26. The third-order valence-electron chi connectivity index (χ3n) is 2.80. The van der Waals surface area contributed by atoms with Crippen LogP contribution in [0.2, 0.25) is 0 Å². The number of nitrogens with zero attached hydrogens (tertiary/aromatic N) is 2. The Balaban J connectivity index is 2.36. The Hall–Kier alpha value is -1.76. The van der Waals surface area contributed by atoms with Crippen molar-refractivity contribution in [1.82, 2.24) is 0 Å². The van der Waals surface area contributed by atoms with Crippen LogP contribution in [-0.2, 0) is 4.74 Å². The van der Waals surface area contributed by atoms with E-state index >= 15 is 0 Å². The summed E-state index contributed by atoms with van der Waals surface area (Å²) in [5.74, 6) is 0. The van der Waals surface area contributed by atoms with E-state index in [-0.39, 0.29) is 11.3 Å². The number of anilines is 1. The summed E-state index contributed by atoms with van der Waals surface area (Å²) in [5, 5.41) is 10.9. The maximum absolute atomic E-state index is 12.5. The minimum atomic E-state index is -2.71. The number of rotatable bonds is 3. The van der Waals surface area contributed by atoms with Gasteiger partial charge in [-0.3, -0.25) is 10.1 Å². The fourth-order valence-electron chi connectivity index (χ4n) is 1.89. The summed E-state index contributed by atoms with van der Waals surface area (Å²) in [7, 11) is 0. The molecule has 0 atom stereocenters. The molecule has 0 saturated carbocycles. The average Bonchev–Trinajstić information content (AvgIpc) is 2.39. The molecular weight excluding hydrogens is 246 g/mol. The van der Waals surface area contributed by atoms with Crippen LogP contribution < -0.4 is 4.90 Å². The van der Waals surface area contributed by atoms with Gasteiger partial charge in [-0.05, 0) is 6.07 Å². The van der Waals surface area contributed by atoms with Crippen LogP contribution in [0.15, 0.2) is 18.2 Å². The van der Waals surface area contributed by atoms with Gasteiger partial charge in [0.1, 0.15) is 5.69 Å². The second-order valence-corrected chi connectivity index (χ2v) is 3.91. The molecule has 1 saturated heterocycles. The molecule has 1 aromatic rings. The minimum Gasteiger partial charge on any atom is -0.378 e. The lowest BCUT2D eigenvalue weighted by Gasteiger charge is -2.28. The van der Waals surface area contributed by atoms with E-state index in [9.17, 15) is 18.9 Å². The number of ether oxygens (including phenoxy) is 1. The predicted molar refractivity (Wildman–Crippen MR) is 61.1 cm³/mol. The molecule has 18 heavy (non-hydrogen) atoms. The van der Waals surface area contributed by atoms with Gasteiger partial charge in [0, 0.05) is 24.7 Å². The zero-order valence-corrected chi connectivity index (χ0v) is 9.51. The quantitative estimate of drug-likeness (QED) is 0.617. The summed E-state index contributed by atoms with van der Waals surface area (Å²) >= 11 is 0. The Morgan fingerprint density at radius 2 is 2.00 bits per heavy atom. The zero-order valence-electron chi connectivity index (χ0n) is 9.51. The van der Waals surface area contributed by atoms with E-state index in [2.05, 4.69) is 0 Å². The molecule has 7 heteroatoms. The number of benzene rings is 1. The maximum Gasteiger partial charge on any atom is 0.293 e. The molecule has 0 spiro atoms. The molecule has 0 bridgehead atoms. The third-order valence-corrected chi connectivity index (χ3v) is 2.80. The van der Waals surface area contributed by atoms with E-state index in [0.717, 1.165) is 6.07 Å². The summed E-state index contributed by atoms with van der Waals surface area (Å²) in [6.45, 7) is 2.01. The van der Waals surface area contributed by atoms with Gasteiger partial charge in [-0.1, -0.05) is 6.07 Å². The van der Waals surface area contributed by atoms with Crippen molar-refractivity contribution in [3.05, 3.63) is 33.9 Å². The maximum atomic E-state index is 12.5. The monoisotopic (exact) mass is 258 g/mol. The Morgan fingerprint density at radius 1 is 1.33 bits per heavy atom. The van der Waals surface area contributed by atoms with Gasteiger partial charge in [0.05, 0.1) is 18.1 Å². The Kier molecular flexibility index (Phi) is 3.71. The first-order valence-corrected chi connectivity index (χ1v) is 5.49. The molecule has 0 amide bonds. The highest BCUT2D eigenvalue weighted by Crippen LogP contribution is 2.32. The molecule has 1 aromatic carbocycles. The molecule has 1 heterocycles. The van der Waals surface area contributed by atoms with E-state index in [0.29, 0.717) is 32.0 Å². The van der Waals surface area contributed by atoms with Gasteiger partial charge in [-0.25, -0.2) is 8.78 Å². The molecule has 0 aliphatic carbocycles. The molecule has 2 rings (SSSR count). The van der Waals surface area contributed by atoms with Crippen molar-refractivity contribution in [3.8, 4) is 0 Å². The normalized spacial score (nSPS) is 16.1. The first kappa shape index (κ1) is 12.7. The fourth-order valence-corrected chi connectivity index (χ4v) is 1.89. The number of halogens is 2. The van der Waals surface area contributed by atoms with Crippen LogP contribution in [0, 0.1) is 10.1 Å². The third kappa shape index (κ3) is 2.56. The number of nitro groups is 1. The van der Waals surface area contributed by atoms with Crippen LogP contribution in [-0.4, -0.2) is 31.2 Å². The number of morpholine rings is 1. The Labute approximate surface area is 102 Å². The smallest absolute Gasteiger partial charge is 0.293 e. The lowest BCUT2D eigenvalue weighted by Crippen LogP contribution is -2.36. The first-order valence-electron chi connectivity index (χ1n) is 5.49. The van der Waals surface area contributed by atoms with Crippen molar-refractivity contribution >= 4 is 11.4 Å². The number of hydrogen-bond acceptors (Lipinski definition) is 4. The summed E-state index contributed by atoms with van der Waals surface area (Å²) < 4.78 is 30.2. The van der Waals surface area contributed by atoms with Crippen LogP contribution in [0.4, 0.5) is 20.2 Å². The van der Waals surface area contributed by atoms with Crippen LogP contribution in [0.25, 0.3) is 0 Å². The highest BCUT2D eigenvalue weighted by molar-refractivity contribution is 5.64. The van der Waals surface area contributed by atoms with Crippen molar-refractivity contribution in [3.63, 3.8) is 0 Å². The highest BCUT2D eigenvalue weighted by Gasteiger charge is 2.23. The van der Waals surface area contributed by atoms with Crippen LogP contribution in [0.5, 0.6) is 0 Å². The summed E-state index contributed by atoms with van der Waals surface area (Å²) in [6, 6.07) is 3.54. The van der Waals surface area contributed by atoms with Gasteiger partial charge in [0.2, 0.25) is 0 Å². The highest BCUT2D eigenvalue weighted by atomic mass is 19.3. The molecule has 1 fully saturated rings. The van der Waals surface area contributed by atoms with E-state index < -0.39 is 11.3 Å². The molecule has 1 aliphatic heterocycles. The Morgan fingerprint density at radius 3 is 2.56 bits per heavy atom. The number of nitro benzene ring substituents is 1. The molecule has 0 N–H and O–H groups in total. The van der Waals surface area contributed by atoms with Gasteiger partial charge in [0.25, 0.3) is 12.1 Å². The van der Waals surface area contributed by atoms with Crippen LogP contribution in [0.1, 0.15) is 12.0 Å². The summed E-state index contributed by atoms with van der Waals surface area (Å²) in [4.78, 5) is 12.1. The van der Waals surface area contributed by atoms with Crippen molar-refractivity contribution in [1.29, 1.82) is 0 Å².